The predicted octanol–water partition coefficient (Wildman–Crippen LogP) is 1.82. The molecule has 1 atom stereocenters. The first-order chi connectivity index (χ1) is 8.16. The van der Waals surface area contributed by atoms with Gasteiger partial charge in [0.15, 0.2) is 0 Å². The lowest BCUT2D eigenvalue weighted by molar-refractivity contribution is 0.0446. The van der Waals surface area contributed by atoms with Crippen LogP contribution in [0.3, 0.4) is 0 Å². The topological polar surface area (TPSA) is 66.4 Å². The fourth-order valence-electron chi connectivity index (χ4n) is 1.70. The Bertz CT molecular complexity index is 486. The third-order valence-electron chi connectivity index (χ3n) is 2.89. The molecule has 0 spiro atoms. The largest absolute Gasteiger partial charge is 0.389 e. The van der Waals surface area contributed by atoms with Crippen LogP contribution in [0.5, 0.6) is 0 Å². The Hall–Kier alpha value is -0.910. The third kappa shape index (κ3) is 3.80. The summed E-state index contributed by atoms with van der Waals surface area (Å²) in [5, 5.41) is 9.90. The van der Waals surface area contributed by atoms with E-state index in [4.69, 9.17) is 0 Å². The van der Waals surface area contributed by atoms with E-state index in [0.29, 0.717) is 6.42 Å². The van der Waals surface area contributed by atoms with Crippen LogP contribution in [0.4, 0.5) is 0 Å². The minimum absolute atomic E-state index is 0.218. The molecule has 4 nitrogen and oxygen atoms in total. The molecule has 0 aliphatic carbocycles. The van der Waals surface area contributed by atoms with Crippen molar-refractivity contribution in [1.82, 2.24) is 4.72 Å². The minimum atomic E-state index is -3.58. The highest BCUT2D eigenvalue weighted by Gasteiger charge is 2.29. The Morgan fingerprint density at radius 1 is 1.28 bits per heavy atom. The van der Waals surface area contributed by atoms with Gasteiger partial charge in [-0.1, -0.05) is 24.6 Å². The molecule has 0 aliphatic heterocycles. The monoisotopic (exact) mass is 271 g/mol. The van der Waals surface area contributed by atoms with Crippen LogP contribution in [0.1, 0.15) is 32.8 Å². The van der Waals surface area contributed by atoms with Gasteiger partial charge in [-0.05, 0) is 39.3 Å². The van der Waals surface area contributed by atoms with Gasteiger partial charge in [0.05, 0.1) is 10.5 Å². The van der Waals surface area contributed by atoms with Gasteiger partial charge in [-0.2, -0.15) is 0 Å². The lowest BCUT2D eigenvalue weighted by Gasteiger charge is -2.28. The zero-order chi connectivity index (χ0) is 14.0. The summed E-state index contributed by atoms with van der Waals surface area (Å²) >= 11 is 0. The first kappa shape index (κ1) is 15.1. The zero-order valence-corrected chi connectivity index (χ0v) is 12.1. The van der Waals surface area contributed by atoms with E-state index in [1.54, 1.807) is 38.1 Å². The summed E-state index contributed by atoms with van der Waals surface area (Å²) in [4.78, 5) is 0.218. The maximum atomic E-state index is 12.1. The second-order valence-electron chi connectivity index (χ2n) is 5.05. The quantitative estimate of drug-likeness (QED) is 0.858. The Balaban J connectivity index is 2.98. The summed E-state index contributed by atoms with van der Waals surface area (Å²) in [6.45, 7) is 6.92. The number of hydrogen-bond acceptors (Lipinski definition) is 3. The van der Waals surface area contributed by atoms with E-state index in [1.165, 1.54) is 0 Å². The maximum Gasteiger partial charge on any atom is 0.240 e. The maximum absolute atomic E-state index is 12.1. The molecule has 18 heavy (non-hydrogen) atoms. The summed E-state index contributed by atoms with van der Waals surface area (Å²) in [5.74, 6) is 0. The van der Waals surface area contributed by atoms with Gasteiger partial charge in [-0.3, -0.25) is 0 Å². The molecule has 0 bridgehead atoms. The number of benzene rings is 1. The van der Waals surface area contributed by atoms with Gasteiger partial charge in [0.1, 0.15) is 0 Å². The van der Waals surface area contributed by atoms with Gasteiger partial charge in [0, 0.05) is 6.04 Å². The summed E-state index contributed by atoms with van der Waals surface area (Å²) in [6, 6.07) is 6.12. The SMILES string of the molecule is CCC(NS(=O)(=O)c1ccc(C)cc1)C(C)(C)O. The molecule has 0 heterocycles. The average Bonchev–Trinajstić information content (AvgIpc) is 2.25. The van der Waals surface area contributed by atoms with Crippen molar-refractivity contribution in [2.45, 2.75) is 50.7 Å². The molecule has 0 saturated heterocycles. The molecule has 0 amide bonds. The van der Waals surface area contributed by atoms with Crippen LogP contribution in [0.15, 0.2) is 29.2 Å². The number of rotatable bonds is 5. The second-order valence-corrected chi connectivity index (χ2v) is 6.76. The molecular formula is C13H21NO3S. The van der Waals surface area contributed by atoms with Gasteiger partial charge >= 0.3 is 0 Å². The van der Waals surface area contributed by atoms with Crippen molar-refractivity contribution in [3.8, 4) is 0 Å². The molecule has 1 rings (SSSR count). The first-order valence-electron chi connectivity index (χ1n) is 5.98. The van der Waals surface area contributed by atoms with E-state index < -0.39 is 21.7 Å². The van der Waals surface area contributed by atoms with Crippen molar-refractivity contribution >= 4 is 10.0 Å². The molecule has 1 aromatic rings. The van der Waals surface area contributed by atoms with Gasteiger partial charge in [-0.15, -0.1) is 0 Å². The van der Waals surface area contributed by atoms with E-state index in [9.17, 15) is 13.5 Å². The van der Waals surface area contributed by atoms with E-state index in [0.717, 1.165) is 5.56 Å². The smallest absolute Gasteiger partial charge is 0.240 e. The molecule has 5 heteroatoms. The van der Waals surface area contributed by atoms with Crippen molar-refractivity contribution in [3.05, 3.63) is 29.8 Å². The van der Waals surface area contributed by atoms with Gasteiger partial charge in [0.25, 0.3) is 0 Å². The van der Waals surface area contributed by atoms with Crippen molar-refractivity contribution in [2.24, 2.45) is 0 Å². The molecule has 0 saturated carbocycles. The van der Waals surface area contributed by atoms with Crippen LogP contribution >= 0.6 is 0 Å². The van der Waals surface area contributed by atoms with E-state index in [-0.39, 0.29) is 4.90 Å². The lowest BCUT2D eigenvalue weighted by atomic mass is 9.98. The molecule has 0 aromatic heterocycles. The van der Waals surface area contributed by atoms with E-state index in [1.807, 2.05) is 13.8 Å². The average molecular weight is 271 g/mol. The highest BCUT2D eigenvalue weighted by atomic mass is 32.2. The standard InChI is InChI=1S/C13H21NO3S/c1-5-12(13(3,4)15)14-18(16,17)11-8-6-10(2)7-9-11/h6-9,12,14-15H,5H2,1-4H3. The predicted molar refractivity (Wildman–Crippen MR) is 71.9 cm³/mol. The van der Waals surface area contributed by atoms with Crippen molar-refractivity contribution in [3.63, 3.8) is 0 Å². The van der Waals surface area contributed by atoms with Crippen molar-refractivity contribution in [1.29, 1.82) is 0 Å². The highest BCUT2D eigenvalue weighted by Crippen LogP contribution is 2.16. The van der Waals surface area contributed by atoms with Gasteiger partial charge in [-0.25, -0.2) is 13.1 Å². The summed E-state index contributed by atoms with van der Waals surface area (Å²) in [6.07, 6.45) is 0.522. The second kappa shape index (κ2) is 5.38. The van der Waals surface area contributed by atoms with E-state index in [2.05, 4.69) is 4.72 Å². The summed E-state index contributed by atoms with van der Waals surface area (Å²) in [7, 11) is -3.58. The Labute approximate surface area is 109 Å². The van der Waals surface area contributed by atoms with Crippen LogP contribution in [0.2, 0.25) is 0 Å². The molecule has 2 N–H and O–H groups in total. The van der Waals surface area contributed by atoms with E-state index >= 15 is 0 Å². The number of nitrogens with one attached hydrogen (secondary N) is 1. The van der Waals surface area contributed by atoms with Gasteiger partial charge < -0.3 is 5.11 Å². The summed E-state index contributed by atoms with van der Waals surface area (Å²) in [5.41, 5.74) is -0.0875. The third-order valence-corrected chi connectivity index (χ3v) is 4.38. The number of hydrogen-bond donors (Lipinski definition) is 2. The number of sulfonamides is 1. The number of aryl methyl sites for hydroxylation is 1. The molecule has 1 unspecified atom stereocenters. The normalized spacial score (nSPS) is 14.5. The van der Waals surface area contributed by atoms with Crippen LogP contribution < -0.4 is 4.72 Å². The first-order valence-corrected chi connectivity index (χ1v) is 7.46. The fraction of sp³-hybridized carbons (Fsp3) is 0.538. The molecule has 0 aliphatic rings. The van der Waals surface area contributed by atoms with Crippen LogP contribution in [-0.4, -0.2) is 25.2 Å². The Kier molecular flexibility index (Phi) is 4.53. The Morgan fingerprint density at radius 2 is 1.78 bits per heavy atom. The van der Waals surface area contributed by atoms with Gasteiger partial charge in [0.2, 0.25) is 10.0 Å². The lowest BCUT2D eigenvalue weighted by Crippen LogP contribution is -2.48. The van der Waals surface area contributed by atoms with Crippen LogP contribution in [0, 0.1) is 6.92 Å². The molecule has 1 aromatic carbocycles. The fourth-order valence-corrected chi connectivity index (χ4v) is 3.16. The van der Waals surface area contributed by atoms with Crippen molar-refractivity contribution in [2.75, 3.05) is 0 Å². The number of aliphatic hydroxyl groups is 1. The van der Waals surface area contributed by atoms with Crippen LogP contribution in [-0.2, 0) is 10.0 Å². The molecule has 0 fully saturated rings. The summed E-state index contributed by atoms with van der Waals surface area (Å²) < 4.78 is 26.8. The van der Waals surface area contributed by atoms with Crippen molar-refractivity contribution < 1.29 is 13.5 Å². The minimum Gasteiger partial charge on any atom is -0.389 e. The Morgan fingerprint density at radius 3 is 2.17 bits per heavy atom. The molecular weight excluding hydrogens is 250 g/mol. The zero-order valence-electron chi connectivity index (χ0n) is 11.3. The highest BCUT2D eigenvalue weighted by molar-refractivity contribution is 7.89. The molecule has 0 radical (unpaired) electrons. The van der Waals surface area contributed by atoms with Crippen LogP contribution in [0.25, 0.3) is 0 Å². The molecule has 102 valence electrons.